The molecule has 32 heavy (non-hydrogen) atoms. The Bertz CT molecular complexity index is 1090. The summed E-state index contributed by atoms with van der Waals surface area (Å²) in [5.41, 5.74) is 3.00. The van der Waals surface area contributed by atoms with Crippen molar-refractivity contribution in [1.82, 2.24) is 10.8 Å². The molecule has 0 aliphatic heterocycles. The molecule has 166 valence electrons. The van der Waals surface area contributed by atoms with E-state index in [2.05, 4.69) is 10.6 Å². The van der Waals surface area contributed by atoms with E-state index in [1.807, 2.05) is 6.07 Å². The molecule has 3 aromatic carbocycles. The van der Waals surface area contributed by atoms with Crippen LogP contribution in [-0.4, -0.2) is 24.1 Å². The second-order valence-corrected chi connectivity index (χ2v) is 6.83. The normalized spacial score (nSPS) is 11.5. The molecule has 0 unspecified atom stereocenters. The first-order valence-corrected chi connectivity index (χ1v) is 9.63. The van der Waals surface area contributed by atoms with Gasteiger partial charge in [0.15, 0.2) is 11.9 Å². The minimum absolute atomic E-state index is 0.0120. The Labute approximate surface area is 183 Å². The van der Waals surface area contributed by atoms with Crippen LogP contribution in [0.2, 0.25) is 0 Å². The molecule has 0 aliphatic rings. The SMILES string of the molecule is CO[C@H](C(=O)NCc1ccc(C(=N)NO)cc1)c1c(F)ccc(Nc2ccccc2)c1F. The number of ether oxygens (including phenoxy) is 1. The van der Waals surface area contributed by atoms with Gasteiger partial charge in [0, 0.05) is 24.9 Å². The summed E-state index contributed by atoms with van der Waals surface area (Å²) in [6.45, 7) is 0.0735. The summed E-state index contributed by atoms with van der Waals surface area (Å²) in [6, 6.07) is 17.6. The van der Waals surface area contributed by atoms with E-state index in [1.165, 1.54) is 13.2 Å². The van der Waals surface area contributed by atoms with Gasteiger partial charge in [0.1, 0.15) is 11.7 Å². The molecule has 3 rings (SSSR count). The number of carbonyl (C=O) groups is 1. The van der Waals surface area contributed by atoms with Gasteiger partial charge in [-0.2, -0.15) is 0 Å². The fourth-order valence-electron chi connectivity index (χ4n) is 3.07. The Kier molecular flexibility index (Phi) is 7.48. The van der Waals surface area contributed by atoms with Gasteiger partial charge in [0.25, 0.3) is 5.91 Å². The Morgan fingerprint density at radius 2 is 1.75 bits per heavy atom. The highest BCUT2D eigenvalue weighted by atomic mass is 19.1. The molecule has 1 atom stereocenters. The number of halogens is 2. The van der Waals surface area contributed by atoms with Crippen molar-refractivity contribution in [3.63, 3.8) is 0 Å². The van der Waals surface area contributed by atoms with E-state index in [9.17, 15) is 9.18 Å². The van der Waals surface area contributed by atoms with E-state index in [4.69, 9.17) is 15.4 Å². The Hall–Kier alpha value is -3.82. The van der Waals surface area contributed by atoms with Crippen LogP contribution in [0.5, 0.6) is 0 Å². The van der Waals surface area contributed by atoms with E-state index in [0.29, 0.717) is 16.8 Å². The zero-order chi connectivity index (χ0) is 23.1. The lowest BCUT2D eigenvalue weighted by Crippen LogP contribution is -2.31. The van der Waals surface area contributed by atoms with Gasteiger partial charge >= 0.3 is 0 Å². The monoisotopic (exact) mass is 440 g/mol. The van der Waals surface area contributed by atoms with Crippen LogP contribution in [0.25, 0.3) is 0 Å². The summed E-state index contributed by atoms with van der Waals surface area (Å²) in [7, 11) is 1.20. The molecule has 0 aromatic heterocycles. The number of rotatable bonds is 8. The predicted octanol–water partition coefficient (Wildman–Crippen LogP) is 4.02. The van der Waals surface area contributed by atoms with Crippen molar-refractivity contribution in [2.45, 2.75) is 12.6 Å². The van der Waals surface area contributed by atoms with Gasteiger partial charge in [-0.25, -0.2) is 8.78 Å². The van der Waals surface area contributed by atoms with Crippen molar-refractivity contribution in [3.05, 3.63) is 95.1 Å². The zero-order valence-corrected chi connectivity index (χ0v) is 17.2. The molecular formula is C23H22F2N4O3. The van der Waals surface area contributed by atoms with Gasteiger partial charge in [-0.15, -0.1) is 0 Å². The molecule has 5 N–H and O–H groups in total. The van der Waals surface area contributed by atoms with Gasteiger partial charge in [0.05, 0.1) is 11.3 Å². The molecule has 0 fully saturated rings. The average molecular weight is 440 g/mol. The maximum atomic E-state index is 15.1. The highest BCUT2D eigenvalue weighted by Gasteiger charge is 2.28. The van der Waals surface area contributed by atoms with Crippen LogP contribution >= 0.6 is 0 Å². The van der Waals surface area contributed by atoms with Crippen LogP contribution in [0.15, 0.2) is 66.7 Å². The van der Waals surface area contributed by atoms with E-state index >= 15 is 4.39 Å². The van der Waals surface area contributed by atoms with Gasteiger partial charge in [-0.05, 0) is 29.8 Å². The molecule has 0 heterocycles. The molecule has 1 amide bonds. The van der Waals surface area contributed by atoms with Gasteiger partial charge in [-0.1, -0.05) is 42.5 Å². The van der Waals surface area contributed by atoms with Crippen molar-refractivity contribution in [3.8, 4) is 0 Å². The Morgan fingerprint density at radius 1 is 1.06 bits per heavy atom. The molecule has 0 bridgehead atoms. The van der Waals surface area contributed by atoms with Crippen LogP contribution in [0.1, 0.15) is 22.8 Å². The Balaban J connectivity index is 1.76. The van der Waals surface area contributed by atoms with E-state index in [1.54, 1.807) is 54.0 Å². The van der Waals surface area contributed by atoms with Crippen LogP contribution in [0.3, 0.4) is 0 Å². The number of amides is 1. The number of carbonyl (C=O) groups excluding carboxylic acids is 1. The highest BCUT2D eigenvalue weighted by molar-refractivity contribution is 5.95. The highest BCUT2D eigenvalue weighted by Crippen LogP contribution is 2.30. The third-order valence-corrected chi connectivity index (χ3v) is 4.74. The van der Waals surface area contributed by atoms with Crippen LogP contribution in [-0.2, 0) is 16.1 Å². The molecule has 0 aliphatic carbocycles. The largest absolute Gasteiger partial charge is 0.367 e. The zero-order valence-electron chi connectivity index (χ0n) is 17.2. The second-order valence-electron chi connectivity index (χ2n) is 6.83. The summed E-state index contributed by atoms with van der Waals surface area (Å²) < 4.78 is 34.8. The van der Waals surface area contributed by atoms with Gasteiger partial charge < -0.3 is 15.4 Å². The summed E-state index contributed by atoms with van der Waals surface area (Å²) >= 11 is 0. The summed E-state index contributed by atoms with van der Waals surface area (Å²) in [5.74, 6) is -2.70. The fraction of sp³-hybridized carbons (Fsp3) is 0.130. The maximum Gasteiger partial charge on any atom is 0.254 e. The third-order valence-electron chi connectivity index (χ3n) is 4.74. The summed E-state index contributed by atoms with van der Waals surface area (Å²) in [4.78, 5) is 12.7. The first-order chi connectivity index (χ1) is 15.4. The average Bonchev–Trinajstić information content (AvgIpc) is 2.82. The topological polar surface area (TPSA) is 106 Å². The standard InChI is InChI=1S/C23H22F2N4O3/c1-32-21(23(30)27-13-14-7-9-15(10-8-14)22(26)29-31)19-17(24)11-12-18(20(19)25)28-16-5-3-2-4-6-16/h2-12,21,28,31H,13H2,1H3,(H2,26,29)(H,27,30)/t21-/m0/s1. The van der Waals surface area contributed by atoms with Gasteiger partial charge in [-0.3, -0.25) is 20.9 Å². The molecular weight excluding hydrogens is 418 g/mol. The van der Waals surface area contributed by atoms with E-state index in [-0.39, 0.29) is 18.1 Å². The second kappa shape index (κ2) is 10.5. The number of nitrogens with one attached hydrogen (secondary N) is 4. The number of amidine groups is 1. The number of methoxy groups -OCH3 is 1. The van der Waals surface area contributed by atoms with Crippen LogP contribution in [0, 0.1) is 17.0 Å². The summed E-state index contributed by atoms with van der Waals surface area (Å²) in [6.07, 6.45) is -1.50. The Morgan fingerprint density at radius 3 is 2.38 bits per heavy atom. The van der Waals surface area contributed by atoms with Crippen molar-refractivity contribution >= 4 is 23.1 Å². The maximum absolute atomic E-state index is 15.1. The molecule has 7 nitrogen and oxygen atoms in total. The van der Waals surface area contributed by atoms with Crippen LogP contribution < -0.4 is 16.1 Å². The predicted molar refractivity (Wildman–Crippen MR) is 116 cm³/mol. The van der Waals surface area contributed by atoms with Crippen molar-refractivity contribution in [2.24, 2.45) is 0 Å². The molecule has 0 saturated heterocycles. The molecule has 9 heteroatoms. The number of para-hydroxylation sites is 1. The summed E-state index contributed by atoms with van der Waals surface area (Å²) in [5, 5.41) is 21.7. The minimum atomic E-state index is -1.50. The van der Waals surface area contributed by atoms with Crippen molar-refractivity contribution < 1.29 is 23.5 Å². The molecule has 0 saturated carbocycles. The van der Waals surface area contributed by atoms with Crippen molar-refractivity contribution in [1.29, 1.82) is 5.41 Å². The molecule has 0 spiro atoms. The van der Waals surface area contributed by atoms with Crippen molar-refractivity contribution in [2.75, 3.05) is 12.4 Å². The third kappa shape index (κ3) is 5.26. The quantitative estimate of drug-likeness (QED) is 0.207. The number of hydrogen-bond donors (Lipinski definition) is 5. The first kappa shape index (κ1) is 22.9. The number of anilines is 2. The van der Waals surface area contributed by atoms with Crippen LogP contribution in [0.4, 0.5) is 20.2 Å². The fourth-order valence-corrected chi connectivity index (χ4v) is 3.07. The number of benzene rings is 3. The lowest BCUT2D eigenvalue weighted by molar-refractivity contribution is -0.131. The number of hydroxylamine groups is 1. The molecule has 3 aromatic rings. The minimum Gasteiger partial charge on any atom is -0.367 e. The lowest BCUT2D eigenvalue weighted by atomic mass is 10.0. The first-order valence-electron chi connectivity index (χ1n) is 9.63. The van der Waals surface area contributed by atoms with Gasteiger partial charge in [0.2, 0.25) is 0 Å². The smallest absolute Gasteiger partial charge is 0.254 e. The van der Waals surface area contributed by atoms with E-state index < -0.39 is 29.2 Å². The number of hydrogen-bond acceptors (Lipinski definition) is 5. The van der Waals surface area contributed by atoms with E-state index in [0.717, 1.165) is 6.07 Å². The lowest BCUT2D eigenvalue weighted by Gasteiger charge is -2.19. The molecule has 0 radical (unpaired) electrons.